The highest BCUT2D eigenvalue weighted by Gasteiger charge is 2.07. The fourth-order valence-corrected chi connectivity index (χ4v) is 1.62. The van der Waals surface area contributed by atoms with Crippen LogP contribution < -0.4 is 5.32 Å². The Morgan fingerprint density at radius 3 is 2.89 bits per heavy atom. The van der Waals surface area contributed by atoms with Crippen LogP contribution in [0.25, 0.3) is 0 Å². The molecule has 0 unspecified atom stereocenters. The van der Waals surface area contributed by atoms with E-state index in [9.17, 15) is 9.18 Å². The molecule has 5 heteroatoms. The molecule has 0 bridgehead atoms. The molecule has 0 aliphatic rings. The van der Waals surface area contributed by atoms with Gasteiger partial charge in [0.2, 0.25) is 5.91 Å². The molecule has 1 aromatic heterocycles. The van der Waals surface area contributed by atoms with Crippen LogP contribution in [-0.2, 0) is 11.2 Å². The number of hydrogen-bond donors (Lipinski definition) is 2. The van der Waals surface area contributed by atoms with E-state index < -0.39 is 5.82 Å². The van der Waals surface area contributed by atoms with Crippen molar-refractivity contribution in [2.45, 2.75) is 12.8 Å². The molecule has 0 aliphatic carbocycles. The first-order valence-electron chi connectivity index (χ1n) is 5.82. The maximum Gasteiger partial charge on any atom is 0.224 e. The maximum atomic E-state index is 13.4. The van der Waals surface area contributed by atoms with Gasteiger partial charge in [-0.1, -0.05) is 6.07 Å². The second-order valence-corrected chi connectivity index (χ2v) is 4.07. The lowest BCUT2D eigenvalue weighted by atomic mass is 10.1. The summed E-state index contributed by atoms with van der Waals surface area (Å²) >= 11 is 0. The number of nitrogens with one attached hydrogen (secondary N) is 1. The number of carbonyl (C=O) groups excluding carboxylic acids is 1. The third kappa shape index (κ3) is 3.77. The molecule has 2 aromatic rings. The van der Waals surface area contributed by atoms with Crippen molar-refractivity contribution in [2.75, 3.05) is 5.32 Å². The van der Waals surface area contributed by atoms with Crippen LogP contribution in [0.1, 0.15) is 12.0 Å². The van der Waals surface area contributed by atoms with Crippen LogP contribution >= 0.6 is 0 Å². The fraction of sp³-hybridized carbons (Fsp3) is 0.143. The van der Waals surface area contributed by atoms with Gasteiger partial charge in [-0.25, -0.2) is 4.39 Å². The highest BCUT2D eigenvalue weighted by molar-refractivity contribution is 5.91. The number of aromatic nitrogens is 1. The number of benzene rings is 1. The van der Waals surface area contributed by atoms with Gasteiger partial charge in [0.15, 0.2) is 0 Å². The molecule has 19 heavy (non-hydrogen) atoms. The van der Waals surface area contributed by atoms with Gasteiger partial charge in [0.1, 0.15) is 11.6 Å². The zero-order chi connectivity index (χ0) is 13.7. The summed E-state index contributed by atoms with van der Waals surface area (Å²) in [6.07, 6.45) is 4.13. The highest BCUT2D eigenvalue weighted by atomic mass is 19.1. The average molecular weight is 260 g/mol. The summed E-state index contributed by atoms with van der Waals surface area (Å²) in [4.78, 5) is 15.6. The minimum Gasteiger partial charge on any atom is -0.508 e. The number of halogens is 1. The normalized spacial score (nSPS) is 10.2. The zero-order valence-corrected chi connectivity index (χ0v) is 10.1. The minimum absolute atomic E-state index is 0.0639. The molecule has 0 fully saturated rings. The van der Waals surface area contributed by atoms with E-state index in [0.29, 0.717) is 6.42 Å². The van der Waals surface area contributed by atoms with E-state index in [-0.39, 0.29) is 23.8 Å². The van der Waals surface area contributed by atoms with E-state index in [4.69, 9.17) is 5.11 Å². The molecule has 0 spiro atoms. The van der Waals surface area contributed by atoms with Crippen molar-refractivity contribution in [3.05, 3.63) is 54.1 Å². The zero-order valence-electron chi connectivity index (χ0n) is 10.1. The van der Waals surface area contributed by atoms with E-state index in [1.165, 1.54) is 12.1 Å². The molecule has 0 radical (unpaired) electrons. The number of rotatable bonds is 4. The van der Waals surface area contributed by atoms with Gasteiger partial charge < -0.3 is 10.4 Å². The first-order valence-corrected chi connectivity index (χ1v) is 5.82. The lowest BCUT2D eigenvalue weighted by Gasteiger charge is -2.06. The van der Waals surface area contributed by atoms with E-state index in [2.05, 4.69) is 10.3 Å². The Morgan fingerprint density at radius 2 is 2.21 bits per heavy atom. The summed E-state index contributed by atoms with van der Waals surface area (Å²) < 4.78 is 13.4. The second-order valence-electron chi connectivity index (χ2n) is 4.07. The number of nitrogens with zero attached hydrogens (tertiary/aromatic N) is 1. The van der Waals surface area contributed by atoms with Gasteiger partial charge in [-0.2, -0.15) is 0 Å². The molecule has 1 amide bonds. The van der Waals surface area contributed by atoms with E-state index in [0.717, 1.165) is 11.6 Å². The van der Waals surface area contributed by atoms with Gasteiger partial charge >= 0.3 is 0 Å². The fourth-order valence-electron chi connectivity index (χ4n) is 1.62. The lowest BCUT2D eigenvalue weighted by Crippen LogP contribution is -2.13. The number of hydrogen-bond acceptors (Lipinski definition) is 3. The first kappa shape index (κ1) is 13.0. The molecule has 0 saturated carbocycles. The van der Waals surface area contributed by atoms with Crippen LogP contribution in [0.5, 0.6) is 5.75 Å². The number of aromatic hydroxyl groups is 1. The van der Waals surface area contributed by atoms with Crippen LogP contribution in [-0.4, -0.2) is 16.0 Å². The average Bonchev–Trinajstić information content (AvgIpc) is 2.41. The molecular formula is C14H13FN2O2. The number of carbonyl (C=O) groups is 1. The largest absolute Gasteiger partial charge is 0.508 e. The lowest BCUT2D eigenvalue weighted by molar-refractivity contribution is -0.116. The number of amides is 1. The van der Waals surface area contributed by atoms with Crippen molar-refractivity contribution in [1.82, 2.24) is 4.98 Å². The van der Waals surface area contributed by atoms with Crippen molar-refractivity contribution in [3.63, 3.8) is 0 Å². The monoisotopic (exact) mass is 260 g/mol. The van der Waals surface area contributed by atoms with Crippen LogP contribution in [0.2, 0.25) is 0 Å². The summed E-state index contributed by atoms with van der Waals surface area (Å²) in [5, 5.41) is 11.5. The highest BCUT2D eigenvalue weighted by Crippen LogP contribution is 2.19. The Kier molecular flexibility index (Phi) is 4.07. The van der Waals surface area contributed by atoms with Gasteiger partial charge in [0, 0.05) is 24.9 Å². The van der Waals surface area contributed by atoms with Crippen LogP contribution in [0.4, 0.5) is 10.1 Å². The Morgan fingerprint density at radius 1 is 1.37 bits per heavy atom. The van der Waals surface area contributed by atoms with Crippen LogP contribution in [0.3, 0.4) is 0 Å². The van der Waals surface area contributed by atoms with E-state index in [1.807, 2.05) is 6.07 Å². The molecule has 0 aliphatic heterocycles. The van der Waals surface area contributed by atoms with Crippen molar-refractivity contribution >= 4 is 11.6 Å². The molecule has 98 valence electrons. The SMILES string of the molecule is O=C(CCc1cccnc1)Nc1ccc(O)cc1F. The maximum absolute atomic E-state index is 13.4. The predicted octanol–water partition coefficient (Wildman–Crippen LogP) is 2.50. The smallest absolute Gasteiger partial charge is 0.224 e. The third-order valence-electron chi connectivity index (χ3n) is 2.59. The Hall–Kier alpha value is -2.43. The van der Waals surface area contributed by atoms with Crippen molar-refractivity contribution in [3.8, 4) is 5.75 Å². The Bertz CT molecular complexity index is 573. The van der Waals surface area contributed by atoms with Crippen LogP contribution in [0, 0.1) is 5.82 Å². The van der Waals surface area contributed by atoms with Gasteiger partial charge in [-0.15, -0.1) is 0 Å². The van der Waals surface area contributed by atoms with Gasteiger partial charge in [-0.3, -0.25) is 9.78 Å². The molecule has 1 aromatic carbocycles. The number of phenols is 1. The number of pyridine rings is 1. The molecule has 0 saturated heterocycles. The Labute approximate surface area is 109 Å². The number of phenolic OH excluding ortho intramolecular Hbond substituents is 1. The van der Waals surface area contributed by atoms with Crippen LogP contribution in [0.15, 0.2) is 42.7 Å². The number of anilines is 1. The molecular weight excluding hydrogens is 247 g/mol. The van der Waals surface area contributed by atoms with Crippen molar-refractivity contribution in [2.24, 2.45) is 0 Å². The van der Waals surface area contributed by atoms with Crippen molar-refractivity contribution in [1.29, 1.82) is 0 Å². The quantitative estimate of drug-likeness (QED) is 0.830. The molecule has 1 heterocycles. The summed E-state index contributed by atoms with van der Waals surface area (Å²) in [6.45, 7) is 0. The van der Waals surface area contributed by atoms with Gasteiger partial charge in [-0.05, 0) is 30.2 Å². The van der Waals surface area contributed by atoms with E-state index in [1.54, 1.807) is 18.5 Å². The first-order chi connectivity index (χ1) is 9.15. The predicted molar refractivity (Wildman–Crippen MR) is 69.3 cm³/mol. The summed E-state index contributed by atoms with van der Waals surface area (Å²) in [5.74, 6) is -1.12. The molecule has 2 N–H and O–H groups in total. The Balaban J connectivity index is 1.91. The summed E-state index contributed by atoms with van der Waals surface area (Å²) in [7, 11) is 0. The molecule has 4 nitrogen and oxygen atoms in total. The van der Waals surface area contributed by atoms with Gasteiger partial charge in [0.05, 0.1) is 5.69 Å². The third-order valence-corrected chi connectivity index (χ3v) is 2.59. The molecule has 2 rings (SSSR count). The number of aryl methyl sites for hydroxylation is 1. The van der Waals surface area contributed by atoms with Gasteiger partial charge in [0.25, 0.3) is 0 Å². The summed E-state index contributed by atoms with van der Waals surface area (Å²) in [5.41, 5.74) is 1.01. The minimum atomic E-state index is -0.658. The second kappa shape index (κ2) is 5.95. The topological polar surface area (TPSA) is 62.2 Å². The van der Waals surface area contributed by atoms with E-state index >= 15 is 0 Å². The standard InChI is InChI=1S/C14H13FN2O2/c15-12-8-11(18)4-5-13(12)17-14(19)6-3-10-2-1-7-16-9-10/h1-2,4-5,7-9,18H,3,6H2,(H,17,19). The summed E-state index contributed by atoms with van der Waals surface area (Å²) in [6, 6.07) is 7.28. The van der Waals surface area contributed by atoms with Crippen molar-refractivity contribution < 1.29 is 14.3 Å². The molecule has 0 atom stereocenters.